The van der Waals surface area contributed by atoms with Crippen LogP contribution in [0.2, 0.25) is 0 Å². The van der Waals surface area contributed by atoms with E-state index in [1.165, 1.54) is 4.90 Å². The molecule has 10 nitrogen and oxygen atoms in total. The highest BCUT2D eigenvalue weighted by Crippen LogP contribution is 2.21. The number of nitrogens with two attached hydrogens (primary N) is 1. The van der Waals surface area contributed by atoms with Gasteiger partial charge in [-0.15, -0.1) is 0 Å². The highest BCUT2D eigenvalue weighted by atomic mass is 16.2. The van der Waals surface area contributed by atoms with E-state index in [1.807, 2.05) is 6.07 Å². The van der Waals surface area contributed by atoms with E-state index in [2.05, 4.69) is 16.0 Å². The zero-order valence-corrected chi connectivity index (χ0v) is 16.4. The van der Waals surface area contributed by atoms with E-state index in [9.17, 15) is 24.0 Å². The average molecular weight is 415 g/mol. The summed E-state index contributed by atoms with van der Waals surface area (Å²) in [4.78, 5) is 62.5. The molecule has 1 aromatic carbocycles. The van der Waals surface area contributed by atoms with Crippen LogP contribution < -0.4 is 21.7 Å². The smallest absolute Gasteiger partial charge is 0.247 e. The topological polar surface area (TPSA) is 151 Å². The van der Waals surface area contributed by atoms with Gasteiger partial charge in [0.2, 0.25) is 29.5 Å². The van der Waals surface area contributed by atoms with Crippen molar-refractivity contribution in [2.24, 2.45) is 5.73 Å². The molecule has 3 unspecified atom stereocenters. The summed E-state index contributed by atoms with van der Waals surface area (Å²) in [7, 11) is 0. The summed E-state index contributed by atoms with van der Waals surface area (Å²) >= 11 is 0. The molecule has 2 heterocycles. The number of amides is 5. The Balaban J connectivity index is 1.69. The molecule has 10 heteroatoms. The average Bonchev–Trinajstić information content (AvgIpc) is 3.36. The van der Waals surface area contributed by atoms with E-state index in [-0.39, 0.29) is 18.2 Å². The lowest BCUT2D eigenvalue weighted by Crippen LogP contribution is -2.56. The zero-order valence-electron chi connectivity index (χ0n) is 16.4. The van der Waals surface area contributed by atoms with Crippen molar-refractivity contribution in [3.05, 3.63) is 30.3 Å². The van der Waals surface area contributed by atoms with E-state index in [1.54, 1.807) is 24.3 Å². The maximum Gasteiger partial charge on any atom is 0.247 e. The fourth-order valence-electron chi connectivity index (χ4n) is 3.73. The summed E-state index contributed by atoms with van der Waals surface area (Å²) in [5.74, 6) is -2.43. The molecule has 0 aromatic heterocycles. The third-order valence-corrected chi connectivity index (χ3v) is 5.21. The first-order valence-electron chi connectivity index (χ1n) is 9.89. The van der Waals surface area contributed by atoms with Crippen LogP contribution in [-0.2, 0) is 24.0 Å². The van der Waals surface area contributed by atoms with Gasteiger partial charge in [0.15, 0.2) is 0 Å². The van der Waals surface area contributed by atoms with Crippen LogP contribution in [0, 0.1) is 0 Å². The molecular formula is C20H25N5O5. The van der Waals surface area contributed by atoms with Crippen molar-refractivity contribution in [1.29, 1.82) is 0 Å². The number of carbonyl (C=O) groups is 5. The molecule has 3 atom stereocenters. The Bertz CT molecular complexity index is 843. The fraction of sp³-hybridized carbons (Fsp3) is 0.450. The summed E-state index contributed by atoms with van der Waals surface area (Å²) in [6.07, 6.45) is 1.23. The first-order chi connectivity index (χ1) is 14.3. The second kappa shape index (κ2) is 9.38. The molecule has 0 radical (unpaired) electrons. The van der Waals surface area contributed by atoms with Crippen LogP contribution in [0.4, 0.5) is 5.69 Å². The number of anilines is 1. The quantitative estimate of drug-likeness (QED) is 0.462. The van der Waals surface area contributed by atoms with Gasteiger partial charge in [0.25, 0.3) is 0 Å². The lowest BCUT2D eigenvalue weighted by Gasteiger charge is -2.28. The summed E-state index contributed by atoms with van der Waals surface area (Å²) in [5.41, 5.74) is 5.88. The van der Waals surface area contributed by atoms with Crippen molar-refractivity contribution in [2.45, 2.75) is 50.2 Å². The lowest BCUT2D eigenvalue weighted by atomic mass is 10.1. The molecule has 1 aromatic rings. The predicted octanol–water partition coefficient (Wildman–Crippen LogP) is -0.745. The number of likely N-dealkylation sites (tertiary alicyclic amines) is 1. The molecule has 2 aliphatic heterocycles. The van der Waals surface area contributed by atoms with Crippen LogP contribution in [0.1, 0.15) is 32.1 Å². The van der Waals surface area contributed by atoms with Crippen LogP contribution in [0.5, 0.6) is 0 Å². The van der Waals surface area contributed by atoms with Crippen molar-refractivity contribution in [2.75, 3.05) is 11.9 Å². The maximum absolute atomic E-state index is 13.1. The standard InChI is InChI=1S/C20H25N5O5/c21-16(26)11-14(24-18(28)13-8-9-17(27)23-13)20(30)25-10-4-7-15(25)19(29)22-12-5-2-1-3-6-12/h1-3,5-6,13-15H,4,7-11H2,(H2,21,26)(H,22,29)(H,23,27)(H,24,28). The van der Waals surface area contributed by atoms with Gasteiger partial charge in [0, 0.05) is 18.7 Å². The number of benzene rings is 1. The molecule has 3 rings (SSSR count). The monoisotopic (exact) mass is 415 g/mol. The first-order valence-corrected chi connectivity index (χ1v) is 9.89. The Kier molecular flexibility index (Phi) is 6.65. The number of primary amides is 1. The zero-order chi connectivity index (χ0) is 21.7. The number of hydrogen-bond acceptors (Lipinski definition) is 5. The Hall–Kier alpha value is -3.43. The maximum atomic E-state index is 13.1. The molecule has 0 saturated carbocycles. The van der Waals surface area contributed by atoms with Gasteiger partial charge in [-0.25, -0.2) is 0 Å². The predicted molar refractivity (Wildman–Crippen MR) is 107 cm³/mol. The molecule has 30 heavy (non-hydrogen) atoms. The number of carbonyl (C=O) groups excluding carboxylic acids is 5. The van der Waals surface area contributed by atoms with Crippen molar-refractivity contribution in [3.8, 4) is 0 Å². The van der Waals surface area contributed by atoms with E-state index in [4.69, 9.17) is 5.73 Å². The van der Waals surface area contributed by atoms with Gasteiger partial charge in [0.1, 0.15) is 18.1 Å². The Labute approximate surface area is 173 Å². The molecule has 2 saturated heterocycles. The van der Waals surface area contributed by atoms with Gasteiger partial charge in [-0.3, -0.25) is 24.0 Å². The number of para-hydroxylation sites is 1. The van der Waals surface area contributed by atoms with Gasteiger partial charge in [0.05, 0.1) is 6.42 Å². The van der Waals surface area contributed by atoms with E-state index < -0.39 is 42.3 Å². The van der Waals surface area contributed by atoms with Crippen molar-refractivity contribution < 1.29 is 24.0 Å². The van der Waals surface area contributed by atoms with Crippen molar-refractivity contribution in [1.82, 2.24) is 15.5 Å². The molecule has 0 bridgehead atoms. The van der Waals surface area contributed by atoms with Crippen LogP contribution >= 0.6 is 0 Å². The fourth-order valence-corrected chi connectivity index (χ4v) is 3.73. The second-order valence-corrected chi connectivity index (χ2v) is 7.44. The minimum absolute atomic E-state index is 0.223. The Morgan fingerprint density at radius 2 is 1.87 bits per heavy atom. The molecule has 0 aliphatic carbocycles. The molecule has 5 N–H and O–H groups in total. The highest BCUT2D eigenvalue weighted by molar-refractivity contribution is 6.00. The highest BCUT2D eigenvalue weighted by Gasteiger charge is 2.39. The van der Waals surface area contributed by atoms with Crippen LogP contribution in [-0.4, -0.2) is 59.1 Å². The third-order valence-electron chi connectivity index (χ3n) is 5.21. The van der Waals surface area contributed by atoms with Crippen LogP contribution in [0.3, 0.4) is 0 Å². The lowest BCUT2D eigenvalue weighted by molar-refractivity contribution is -0.141. The number of nitrogens with one attached hydrogen (secondary N) is 3. The van der Waals surface area contributed by atoms with Crippen molar-refractivity contribution >= 4 is 35.2 Å². The minimum Gasteiger partial charge on any atom is -0.370 e. The van der Waals surface area contributed by atoms with Gasteiger partial charge < -0.3 is 26.6 Å². The minimum atomic E-state index is -1.20. The van der Waals surface area contributed by atoms with Crippen molar-refractivity contribution in [3.63, 3.8) is 0 Å². The number of rotatable bonds is 7. The third kappa shape index (κ3) is 5.13. The van der Waals surface area contributed by atoms with E-state index >= 15 is 0 Å². The second-order valence-electron chi connectivity index (χ2n) is 7.44. The summed E-state index contributed by atoms with van der Waals surface area (Å²) in [5, 5.41) is 7.82. The van der Waals surface area contributed by atoms with E-state index in [0.717, 1.165) is 0 Å². The molecular weight excluding hydrogens is 390 g/mol. The Morgan fingerprint density at radius 1 is 1.13 bits per heavy atom. The van der Waals surface area contributed by atoms with Crippen LogP contribution in [0.15, 0.2) is 30.3 Å². The molecule has 2 fully saturated rings. The van der Waals surface area contributed by atoms with Gasteiger partial charge >= 0.3 is 0 Å². The first kappa shape index (κ1) is 21.3. The Morgan fingerprint density at radius 3 is 2.50 bits per heavy atom. The summed E-state index contributed by atoms with van der Waals surface area (Å²) < 4.78 is 0. The molecule has 0 spiro atoms. The van der Waals surface area contributed by atoms with Gasteiger partial charge in [-0.2, -0.15) is 0 Å². The number of hydrogen-bond donors (Lipinski definition) is 4. The summed E-state index contributed by atoms with van der Waals surface area (Å²) in [6, 6.07) is 6.21. The van der Waals surface area contributed by atoms with Gasteiger partial charge in [-0.05, 0) is 31.4 Å². The largest absolute Gasteiger partial charge is 0.370 e. The summed E-state index contributed by atoms with van der Waals surface area (Å²) in [6.45, 7) is 0.330. The van der Waals surface area contributed by atoms with E-state index in [0.29, 0.717) is 31.5 Å². The van der Waals surface area contributed by atoms with Gasteiger partial charge in [-0.1, -0.05) is 18.2 Å². The SMILES string of the molecule is NC(=O)CC(NC(=O)C1CCC(=O)N1)C(=O)N1CCCC1C(=O)Nc1ccccc1. The normalized spacial score (nSPS) is 21.6. The molecule has 160 valence electrons. The van der Waals surface area contributed by atoms with Crippen LogP contribution in [0.25, 0.3) is 0 Å². The molecule has 5 amide bonds. The number of nitrogens with zero attached hydrogens (tertiary/aromatic N) is 1. The molecule has 2 aliphatic rings.